The summed E-state index contributed by atoms with van der Waals surface area (Å²) in [6.45, 7) is 0. The molecule has 0 unspecified atom stereocenters. The lowest BCUT2D eigenvalue weighted by molar-refractivity contribution is 0.414. The molecule has 112 valence electrons. The van der Waals surface area contributed by atoms with Crippen LogP contribution in [0.5, 0.6) is 5.75 Å². The van der Waals surface area contributed by atoms with Crippen molar-refractivity contribution < 1.29 is 17.5 Å². The monoisotopic (exact) mass is 327 g/mol. The van der Waals surface area contributed by atoms with E-state index in [-0.39, 0.29) is 10.6 Å². The zero-order valence-electron chi connectivity index (χ0n) is 11.5. The van der Waals surface area contributed by atoms with Gasteiger partial charge in [0.2, 0.25) is 0 Å². The summed E-state index contributed by atoms with van der Waals surface area (Å²) < 4.78 is 41.7. The molecule has 2 rings (SSSR count). The summed E-state index contributed by atoms with van der Waals surface area (Å²) in [4.78, 5) is 1.29. The Morgan fingerprint density at radius 2 is 1.81 bits per heavy atom. The fourth-order valence-corrected chi connectivity index (χ4v) is 3.17. The summed E-state index contributed by atoms with van der Waals surface area (Å²) in [6, 6.07) is 8.95. The second-order valence-corrected chi connectivity index (χ2v) is 7.50. The van der Waals surface area contributed by atoms with Gasteiger partial charge in [-0.1, -0.05) is 11.8 Å². The van der Waals surface area contributed by atoms with Crippen LogP contribution in [0.1, 0.15) is 0 Å². The van der Waals surface area contributed by atoms with Crippen LogP contribution >= 0.6 is 11.8 Å². The van der Waals surface area contributed by atoms with Gasteiger partial charge in [-0.3, -0.25) is 0 Å². The Balaban J connectivity index is 2.30. The van der Waals surface area contributed by atoms with E-state index in [0.717, 1.165) is 6.26 Å². The highest BCUT2D eigenvalue weighted by molar-refractivity contribution is 7.99. The maximum absolute atomic E-state index is 13.9. The van der Waals surface area contributed by atoms with Gasteiger partial charge in [0.05, 0.1) is 22.6 Å². The van der Waals surface area contributed by atoms with Crippen molar-refractivity contribution in [2.45, 2.75) is 14.7 Å². The quantitative estimate of drug-likeness (QED) is 0.874. The van der Waals surface area contributed by atoms with Gasteiger partial charge >= 0.3 is 0 Å². The van der Waals surface area contributed by atoms with Crippen LogP contribution in [-0.4, -0.2) is 21.8 Å². The number of nitrogen functional groups attached to an aromatic ring is 1. The molecule has 0 bridgehead atoms. The average Bonchev–Trinajstić information content (AvgIpc) is 2.41. The molecule has 7 heteroatoms. The molecule has 0 radical (unpaired) electrons. The third-order valence-electron chi connectivity index (χ3n) is 2.76. The lowest BCUT2D eigenvalue weighted by atomic mass is 10.3. The minimum absolute atomic E-state index is 0.224. The van der Waals surface area contributed by atoms with Gasteiger partial charge < -0.3 is 10.5 Å². The summed E-state index contributed by atoms with van der Waals surface area (Å²) >= 11 is 1.17. The summed E-state index contributed by atoms with van der Waals surface area (Å²) in [5, 5.41) is 0. The Bertz CT molecular complexity index is 759. The van der Waals surface area contributed by atoms with Crippen LogP contribution in [0.2, 0.25) is 0 Å². The smallest absolute Gasteiger partial charge is 0.175 e. The number of anilines is 1. The summed E-state index contributed by atoms with van der Waals surface area (Å²) in [5.41, 5.74) is 5.85. The van der Waals surface area contributed by atoms with E-state index in [0.29, 0.717) is 15.5 Å². The standard InChI is InChI=1S/C14H14FNO3S2/c1-19-13-8-14(11(15)7-12(13)16)20-9-3-5-10(6-4-9)21(2,17)18/h3-8H,16H2,1-2H3. The first-order valence-electron chi connectivity index (χ1n) is 5.92. The molecule has 2 aromatic carbocycles. The summed E-state index contributed by atoms with van der Waals surface area (Å²) in [7, 11) is -1.78. The molecule has 2 N–H and O–H groups in total. The van der Waals surface area contributed by atoms with Crippen molar-refractivity contribution in [2.24, 2.45) is 0 Å². The van der Waals surface area contributed by atoms with Crippen molar-refractivity contribution in [3.8, 4) is 5.75 Å². The highest BCUT2D eigenvalue weighted by atomic mass is 32.2. The highest BCUT2D eigenvalue weighted by Crippen LogP contribution is 2.35. The molecular formula is C14H14FNO3S2. The van der Waals surface area contributed by atoms with Crippen molar-refractivity contribution in [2.75, 3.05) is 19.1 Å². The van der Waals surface area contributed by atoms with Crippen LogP contribution < -0.4 is 10.5 Å². The van der Waals surface area contributed by atoms with E-state index in [1.807, 2.05) is 0 Å². The van der Waals surface area contributed by atoms with Gasteiger partial charge in [0.15, 0.2) is 9.84 Å². The summed E-state index contributed by atoms with van der Waals surface area (Å²) in [6.07, 6.45) is 1.14. The van der Waals surface area contributed by atoms with E-state index in [9.17, 15) is 12.8 Å². The van der Waals surface area contributed by atoms with Crippen LogP contribution in [-0.2, 0) is 9.84 Å². The first-order chi connectivity index (χ1) is 9.81. The van der Waals surface area contributed by atoms with Crippen molar-refractivity contribution >= 4 is 27.3 Å². The van der Waals surface area contributed by atoms with Gasteiger partial charge in [0, 0.05) is 17.2 Å². The van der Waals surface area contributed by atoms with Gasteiger partial charge in [-0.15, -0.1) is 0 Å². The molecule has 0 aliphatic carbocycles. The number of ether oxygens (including phenoxy) is 1. The Kier molecular flexibility index (Phi) is 4.43. The molecule has 4 nitrogen and oxygen atoms in total. The SMILES string of the molecule is COc1cc(Sc2ccc(S(C)(=O)=O)cc2)c(F)cc1N. The molecule has 0 spiro atoms. The molecular weight excluding hydrogens is 313 g/mol. The zero-order valence-corrected chi connectivity index (χ0v) is 13.1. The molecule has 0 aromatic heterocycles. The van der Waals surface area contributed by atoms with Crippen LogP contribution in [0.3, 0.4) is 0 Å². The first kappa shape index (κ1) is 15.7. The largest absolute Gasteiger partial charge is 0.495 e. The predicted octanol–water partition coefficient (Wildman–Crippen LogP) is 2.97. The van der Waals surface area contributed by atoms with Crippen molar-refractivity contribution in [1.29, 1.82) is 0 Å². The number of sulfone groups is 1. The lowest BCUT2D eigenvalue weighted by Crippen LogP contribution is -1.96. The third kappa shape index (κ3) is 3.68. The Morgan fingerprint density at radius 1 is 1.19 bits per heavy atom. The van der Waals surface area contributed by atoms with Crippen molar-refractivity contribution in [1.82, 2.24) is 0 Å². The van der Waals surface area contributed by atoms with Crippen molar-refractivity contribution in [3.05, 3.63) is 42.2 Å². The van der Waals surface area contributed by atoms with Gasteiger partial charge in [-0.2, -0.15) is 0 Å². The van der Waals surface area contributed by atoms with Crippen LogP contribution in [0.4, 0.5) is 10.1 Å². The molecule has 0 aliphatic rings. The highest BCUT2D eigenvalue weighted by Gasteiger charge is 2.11. The molecule has 0 aliphatic heterocycles. The van der Waals surface area contributed by atoms with Gasteiger partial charge in [-0.25, -0.2) is 12.8 Å². The molecule has 2 aromatic rings. The third-order valence-corrected chi connectivity index (χ3v) is 4.93. The number of hydrogen-bond acceptors (Lipinski definition) is 5. The second kappa shape index (κ2) is 5.95. The number of nitrogens with two attached hydrogens (primary N) is 1. The van der Waals surface area contributed by atoms with E-state index in [1.54, 1.807) is 12.1 Å². The molecule has 21 heavy (non-hydrogen) atoms. The number of benzene rings is 2. The maximum atomic E-state index is 13.9. The van der Waals surface area contributed by atoms with E-state index in [4.69, 9.17) is 10.5 Å². The Labute approximate surface area is 127 Å². The summed E-state index contributed by atoms with van der Waals surface area (Å²) in [5.74, 6) is -0.0582. The molecule has 0 fully saturated rings. The van der Waals surface area contributed by atoms with E-state index in [2.05, 4.69) is 0 Å². The molecule has 0 saturated heterocycles. The Morgan fingerprint density at radius 3 is 2.33 bits per heavy atom. The number of methoxy groups -OCH3 is 1. The first-order valence-corrected chi connectivity index (χ1v) is 8.63. The number of halogens is 1. The molecule has 0 heterocycles. The average molecular weight is 327 g/mol. The van der Waals surface area contributed by atoms with E-state index >= 15 is 0 Å². The second-order valence-electron chi connectivity index (χ2n) is 4.37. The normalized spacial score (nSPS) is 11.4. The van der Waals surface area contributed by atoms with Gasteiger partial charge in [-0.05, 0) is 30.3 Å². The van der Waals surface area contributed by atoms with E-state index < -0.39 is 15.7 Å². The minimum Gasteiger partial charge on any atom is -0.495 e. The fourth-order valence-electron chi connectivity index (χ4n) is 1.69. The topological polar surface area (TPSA) is 69.4 Å². The fraction of sp³-hybridized carbons (Fsp3) is 0.143. The predicted molar refractivity (Wildman–Crippen MR) is 81.0 cm³/mol. The number of rotatable bonds is 4. The van der Waals surface area contributed by atoms with Gasteiger partial charge in [0.25, 0.3) is 0 Å². The Hall–Kier alpha value is -1.73. The molecule has 0 amide bonds. The van der Waals surface area contributed by atoms with Crippen LogP contribution in [0, 0.1) is 5.82 Å². The number of hydrogen-bond donors (Lipinski definition) is 1. The van der Waals surface area contributed by atoms with Crippen LogP contribution in [0.25, 0.3) is 0 Å². The molecule has 0 atom stereocenters. The minimum atomic E-state index is -3.24. The lowest BCUT2D eigenvalue weighted by Gasteiger charge is -2.09. The van der Waals surface area contributed by atoms with Gasteiger partial charge in [0.1, 0.15) is 11.6 Å². The van der Waals surface area contributed by atoms with E-state index in [1.165, 1.54) is 43.1 Å². The maximum Gasteiger partial charge on any atom is 0.175 e. The van der Waals surface area contributed by atoms with Crippen molar-refractivity contribution in [3.63, 3.8) is 0 Å². The van der Waals surface area contributed by atoms with Crippen LogP contribution in [0.15, 0.2) is 51.1 Å². The zero-order chi connectivity index (χ0) is 15.6. The molecule has 0 saturated carbocycles.